The van der Waals surface area contributed by atoms with Crippen LogP contribution in [-0.4, -0.2) is 16.6 Å². The first-order chi connectivity index (χ1) is 9.57. The van der Waals surface area contributed by atoms with Gasteiger partial charge in [-0.3, -0.25) is 0 Å². The van der Waals surface area contributed by atoms with Gasteiger partial charge in [-0.1, -0.05) is 44.4 Å². The second-order valence-electron chi connectivity index (χ2n) is 6.03. The van der Waals surface area contributed by atoms with Gasteiger partial charge in [0, 0.05) is 5.69 Å². The molecule has 0 amide bonds. The van der Waals surface area contributed by atoms with E-state index in [9.17, 15) is 9.90 Å². The Balaban J connectivity index is 2.22. The minimum absolute atomic E-state index is 0.676. The fourth-order valence-electron chi connectivity index (χ4n) is 3.18. The lowest BCUT2D eigenvalue weighted by molar-refractivity contribution is -0.142. The van der Waals surface area contributed by atoms with E-state index in [2.05, 4.69) is 12.2 Å². The molecule has 1 aliphatic carbocycles. The predicted octanol–water partition coefficient (Wildman–Crippen LogP) is 4.22. The van der Waals surface area contributed by atoms with Crippen LogP contribution in [0.1, 0.15) is 51.0 Å². The number of benzene rings is 1. The van der Waals surface area contributed by atoms with E-state index in [1.54, 1.807) is 0 Å². The van der Waals surface area contributed by atoms with E-state index < -0.39 is 11.5 Å². The van der Waals surface area contributed by atoms with E-state index in [0.717, 1.165) is 43.4 Å². The summed E-state index contributed by atoms with van der Waals surface area (Å²) in [5, 5.41) is 13.1. The van der Waals surface area contributed by atoms with Crippen molar-refractivity contribution in [2.24, 2.45) is 5.92 Å². The molecule has 0 aromatic heterocycles. The monoisotopic (exact) mass is 275 g/mol. The van der Waals surface area contributed by atoms with Crippen LogP contribution in [0.5, 0.6) is 0 Å². The van der Waals surface area contributed by atoms with Crippen molar-refractivity contribution < 1.29 is 9.90 Å². The molecular formula is C17H25NO2. The molecular weight excluding hydrogens is 250 g/mol. The van der Waals surface area contributed by atoms with Crippen molar-refractivity contribution in [1.29, 1.82) is 0 Å². The number of para-hydroxylation sites is 1. The van der Waals surface area contributed by atoms with Gasteiger partial charge in [-0.05, 0) is 43.7 Å². The molecule has 20 heavy (non-hydrogen) atoms. The normalized spacial score (nSPS) is 26.8. The summed E-state index contributed by atoms with van der Waals surface area (Å²) < 4.78 is 0. The van der Waals surface area contributed by atoms with Gasteiger partial charge in [-0.2, -0.15) is 0 Å². The first-order valence-corrected chi connectivity index (χ1v) is 7.64. The topological polar surface area (TPSA) is 49.3 Å². The van der Waals surface area contributed by atoms with Gasteiger partial charge in [0.2, 0.25) is 0 Å². The highest BCUT2D eigenvalue weighted by Gasteiger charge is 2.40. The number of rotatable bonds is 4. The molecule has 3 nitrogen and oxygen atoms in total. The van der Waals surface area contributed by atoms with Gasteiger partial charge in [-0.15, -0.1) is 0 Å². The van der Waals surface area contributed by atoms with Crippen LogP contribution in [0.2, 0.25) is 0 Å². The van der Waals surface area contributed by atoms with Crippen LogP contribution in [0, 0.1) is 12.8 Å². The van der Waals surface area contributed by atoms with Gasteiger partial charge in [0.25, 0.3) is 0 Å². The number of aryl methyl sites for hydroxylation is 1. The summed E-state index contributed by atoms with van der Waals surface area (Å²) in [7, 11) is 0. The minimum Gasteiger partial charge on any atom is -0.480 e. The van der Waals surface area contributed by atoms with Crippen molar-refractivity contribution >= 4 is 11.7 Å². The van der Waals surface area contributed by atoms with E-state index in [1.165, 1.54) is 0 Å². The summed E-state index contributed by atoms with van der Waals surface area (Å²) in [6.45, 7) is 4.22. The van der Waals surface area contributed by atoms with Crippen molar-refractivity contribution in [2.45, 2.75) is 57.9 Å². The molecule has 2 atom stereocenters. The van der Waals surface area contributed by atoms with Crippen LogP contribution in [0.25, 0.3) is 0 Å². The first-order valence-electron chi connectivity index (χ1n) is 7.64. The standard InChI is InChI=1S/C17H25NO2/c1-3-14-8-6-11-17(12-10-14,16(19)20)18-15-9-5-4-7-13(15)2/h4-5,7,9,14,18H,3,6,8,10-12H2,1-2H3,(H,19,20). The number of hydrogen-bond donors (Lipinski definition) is 2. The Labute approximate surface area is 121 Å². The second kappa shape index (κ2) is 6.29. The highest BCUT2D eigenvalue weighted by molar-refractivity contribution is 5.83. The third-order valence-corrected chi connectivity index (χ3v) is 4.70. The fourth-order valence-corrected chi connectivity index (χ4v) is 3.18. The summed E-state index contributed by atoms with van der Waals surface area (Å²) in [4.78, 5) is 11.9. The average Bonchev–Trinajstić information content (AvgIpc) is 2.65. The number of anilines is 1. The largest absolute Gasteiger partial charge is 0.480 e. The highest BCUT2D eigenvalue weighted by Crippen LogP contribution is 2.35. The smallest absolute Gasteiger partial charge is 0.329 e. The molecule has 0 spiro atoms. The third kappa shape index (κ3) is 3.14. The van der Waals surface area contributed by atoms with Crippen LogP contribution >= 0.6 is 0 Å². The van der Waals surface area contributed by atoms with Gasteiger partial charge in [0.05, 0.1) is 0 Å². The molecule has 110 valence electrons. The van der Waals surface area contributed by atoms with E-state index in [1.807, 2.05) is 31.2 Å². The molecule has 2 N–H and O–H groups in total. The van der Waals surface area contributed by atoms with E-state index in [0.29, 0.717) is 12.3 Å². The highest BCUT2D eigenvalue weighted by atomic mass is 16.4. The molecule has 1 aromatic rings. The van der Waals surface area contributed by atoms with Gasteiger partial charge in [0.15, 0.2) is 0 Å². The Hall–Kier alpha value is -1.51. The maximum Gasteiger partial charge on any atom is 0.329 e. The Morgan fingerprint density at radius 1 is 1.35 bits per heavy atom. The molecule has 1 aliphatic rings. The summed E-state index contributed by atoms with van der Waals surface area (Å²) in [6.07, 6.45) is 5.73. The van der Waals surface area contributed by atoms with Crippen LogP contribution in [0.4, 0.5) is 5.69 Å². The van der Waals surface area contributed by atoms with Crippen molar-refractivity contribution in [3.05, 3.63) is 29.8 Å². The zero-order valence-electron chi connectivity index (χ0n) is 12.5. The molecule has 1 fully saturated rings. The summed E-state index contributed by atoms with van der Waals surface area (Å²) in [5.41, 5.74) is 1.25. The molecule has 3 heteroatoms. The minimum atomic E-state index is -0.796. The van der Waals surface area contributed by atoms with Crippen molar-refractivity contribution in [3.8, 4) is 0 Å². The molecule has 0 saturated heterocycles. The number of nitrogens with one attached hydrogen (secondary N) is 1. The average molecular weight is 275 g/mol. The molecule has 0 bridgehead atoms. The maximum atomic E-state index is 11.9. The summed E-state index contributed by atoms with van der Waals surface area (Å²) in [6, 6.07) is 7.93. The third-order valence-electron chi connectivity index (χ3n) is 4.70. The lowest BCUT2D eigenvalue weighted by Crippen LogP contribution is -2.46. The maximum absolute atomic E-state index is 11.9. The molecule has 0 radical (unpaired) electrons. The Morgan fingerprint density at radius 3 is 2.75 bits per heavy atom. The lowest BCUT2D eigenvalue weighted by Gasteiger charge is -2.31. The van der Waals surface area contributed by atoms with E-state index in [-0.39, 0.29) is 0 Å². The predicted molar refractivity (Wildman–Crippen MR) is 82.0 cm³/mol. The molecule has 0 aliphatic heterocycles. The molecule has 1 aromatic carbocycles. The lowest BCUT2D eigenvalue weighted by atomic mass is 9.88. The Morgan fingerprint density at radius 2 is 2.10 bits per heavy atom. The van der Waals surface area contributed by atoms with E-state index >= 15 is 0 Å². The Bertz CT molecular complexity index is 472. The molecule has 2 rings (SSSR count). The van der Waals surface area contributed by atoms with Crippen LogP contribution in [-0.2, 0) is 4.79 Å². The van der Waals surface area contributed by atoms with Gasteiger partial charge < -0.3 is 10.4 Å². The number of hydrogen-bond acceptors (Lipinski definition) is 2. The molecule has 1 saturated carbocycles. The van der Waals surface area contributed by atoms with E-state index in [4.69, 9.17) is 0 Å². The van der Waals surface area contributed by atoms with Crippen molar-refractivity contribution in [3.63, 3.8) is 0 Å². The summed E-state index contributed by atoms with van der Waals surface area (Å²) in [5.74, 6) is -0.0348. The number of carbonyl (C=O) groups is 1. The van der Waals surface area contributed by atoms with Gasteiger partial charge in [0.1, 0.15) is 5.54 Å². The zero-order chi connectivity index (χ0) is 14.6. The number of carboxylic acid groups (broad SMARTS) is 1. The van der Waals surface area contributed by atoms with Crippen LogP contribution < -0.4 is 5.32 Å². The van der Waals surface area contributed by atoms with Gasteiger partial charge >= 0.3 is 5.97 Å². The second-order valence-corrected chi connectivity index (χ2v) is 6.03. The van der Waals surface area contributed by atoms with Crippen molar-refractivity contribution in [1.82, 2.24) is 0 Å². The number of aliphatic carboxylic acids is 1. The molecule has 2 unspecified atom stereocenters. The first kappa shape index (κ1) is 14.9. The van der Waals surface area contributed by atoms with Crippen LogP contribution in [0.15, 0.2) is 24.3 Å². The summed E-state index contributed by atoms with van der Waals surface area (Å²) >= 11 is 0. The zero-order valence-corrected chi connectivity index (χ0v) is 12.5. The number of carboxylic acids is 1. The van der Waals surface area contributed by atoms with Crippen LogP contribution in [0.3, 0.4) is 0 Å². The molecule has 0 heterocycles. The van der Waals surface area contributed by atoms with Gasteiger partial charge in [-0.25, -0.2) is 4.79 Å². The quantitative estimate of drug-likeness (QED) is 0.809. The fraction of sp³-hybridized carbons (Fsp3) is 0.588. The SMILES string of the molecule is CCC1CCCC(Nc2ccccc2C)(C(=O)O)CC1. The Kier molecular flexibility index (Phi) is 4.69. The van der Waals surface area contributed by atoms with Crippen molar-refractivity contribution in [2.75, 3.05) is 5.32 Å².